The summed E-state index contributed by atoms with van der Waals surface area (Å²) in [4.78, 5) is 17.2. The van der Waals surface area contributed by atoms with Crippen LogP contribution in [-0.2, 0) is 9.84 Å². The van der Waals surface area contributed by atoms with Gasteiger partial charge >= 0.3 is 0 Å². The molecule has 150 valence electrons. The number of anilines is 1. The zero-order chi connectivity index (χ0) is 20.0. The summed E-state index contributed by atoms with van der Waals surface area (Å²) in [6.45, 7) is 6.87. The average molecular weight is 402 g/mol. The van der Waals surface area contributed by atoms with Gasteiger partial charge in [-0.1, -0.05) is 25.1 Å². The number of nitrogens with zero attached hydrogens (tertiary/aromatic N) is 2. The summed E-state index contributed by atoms with van der Waals surface area (Å²) < 4.78 is 23.7. The number of piperazine rings is 1. The minimum absolute atomic E-state index is 0.0517. The first-order valence-corrected chi connectivity index (χ1v) is 11.3. The van der Waals surface area contributed by atoms with Crippen molar-refractivity contribution < 1.29 is 13.2 Å². The lowest BCUT2D eigenvalue weighted by Gasteiger charge is -2.36. The number of carbonyl (C=O) groups excluding carboxylic acids is 1. The van der Waals surface area contributed by atoms with Crippen molar-refractivity contribution in [3.8, 4) is 0 Å². The molecule has 0 bridgehead atoms. The Labute approximate surface area is 167 Å². The van der Waals surface area contributed by atoms with Gasteiger partial charge < -0.3 is 10.2 Å². The van der Waals surface area contributed by atoms with Crippen molar-refractivity contribution in [3.63, 3.8) is 0 Å². The quantitative estimate of drug-likeness (QED) is 0.769. The molecule has 1 N–H and O–H groups in total. The first-order valence-electron chi connectivity index (χ1n) is 9.63. The van der Waals surface area contributed by atoms with Gasteiger partial charge in [-0.3, -0.25) is 9.69 Å². The van der Waals surface area contributed by atoms with E-state index in [1.54, 1.807) is 19.1 Å². The van der Waals surface area contributed by atoms with Crippen LogP contribution in [0.5, 0.6) is 0 Å². The number of nitrogens with one attached hydrogen (secondary N) is 1. The molecule has 0 aliphatic carbocycles. The van der Waals surface area contributed by atoms with E-state index in [4.69, 9.17) is 0 Å². The molecule has 0 saturated carbocycles. The molecule has 0 unspecified atom stereocenters. The monoisotopic (exact) mass is 401 g/mol. The highest BCUT2D eigenvalue weighted by molar-refractivity contribution is 7.91. The van der Waals surface area contributed by atoms with E-state index in [-0.39, 0.29) is 16.6 Å². The number of sulfone groups is 1. The topological polar surface area (TPSA) is 69.7 Å². The van der Waals surface area contributed by atoms with E-state index in [1.807, 2.05) is 6.07 Å². The van der Waals surface area contributed by atoms with E-state index >= 15 is 0 Å². The number of amides is 1. The predicted octanol–water partition coefficient (Wildman–Crippen LogP) is 2.03. The zero-order valence-electron chi connectivity index (χ0n) is 16.2. The molecule has 1 fully saturated rings. The smallest absolute Gasteiger partial charge is 0.251 e. The maximum Gasteiger partial charge on any atom is 0.251 e. The normalized spacial score (nSPS) is 15.4. The number of para-hydroxylation sites is 1. The lowest BCUT2D eigenvalue weighted by molar-refractivity contribution is 0.0947. The molecule has 3 rings (SSSR count). The largest absolute Gasteiger partial charge is 0.369 e. The predicted molar refractivity (Wildman–Crippen MR) is 112 cm³/mol. The highest BCUT2D eigenvalue weighted by atomic mass is 32.2. The third-order valence-electron chi connectivity index (χ3n) is 5.06. The van der Waals surface area contributed by atoms with Gasteiger partial charge in [0.15, 0.2) is 9.84 Å². The Balaban J connectivity index is 1.42. The average Bonchev–Trinajstić information content (AvgIpc) is 2.75. The Hall–Kier alpha value is -2.38. The molecule has 1 aliphatic heterocycles. The Morgan fingerprint density at radius 2 is 1.61 bits per heavy atom. The van der Waals surface area contributed by atoms with Crippen LogP contribution in [0.15, 0.2) is 59.5 Å². The molecule has 0 radical (unpaired) electrons. The lowest BCUT2D eigenvalue weighted by atomic mass is 10.2. The van der Waals surface area contributed by atoms with Gasteiger partial charge in [0.2, 0.25) is 0 Å². The number of carbonyl (C=O) groups is 1. The van der Waals surface area contributed by atoms with E-state index in [2.05, 4.69) is 39.4 Å². The molecule has 0 aromatic heterocycles. The molecular weight excluding hydrogens is 374 g/mol. The van der Waals surface area contributed by atoms with Crippen LogP contribution in [-0.4, -0.2) is 64.2 Å². The SMILES string of the molecule is CCS(=O)(=O)c1ccc(C(=O)NCCN2CCN(c3ccccc3)CC2)cc1. The zero-order valence-corrected chi connectivity index (χ0v) is 17.0. The first kappa shape index (κ1) is 20.4. The van der Waals surface area contributed by atoms with E-state index in [0.29, 0.717) is 12.1 Å². The van der Waals surface area contributed by atoms with Crippen molar-refractivity contribution in [2.75, 3.05) is 49.9 Å². The van der Waals surface area contributed by atoms with Gasteiger partial charge in [-0.2, -0.15) is 0 Å². The summed E-state index contributed by atoms with van der Waals surface area (Å²) in [5.41, 5.74) is 1.73. The van der Waals surface area contributed by atoms with E-state index in [9.17, 15) is 13.2 Å². The number of benzene rings is 2. The Bertz CT molecular complexity index is 875. The van der Waals surface area contributed by atoms with Crippen molar-refractivity contribution in [1.82, 2.24) is 10.2 Å². The van der Waals surface area contributed by atoms with Crippen LogP contribution < -0.4 is 10.2 Å². The van der Waals surface area contributed by atoms with Crippen molar-refractivity contribution in [2.45, 2.75) is 11.8 Å². The molecule has 1 heterocycles. The van der Waals surface area contributed by atoms with E-state index in [0.717, 1.165) is 32.7 Å². The second-order valence-electron chi connectivity index (χ2n) is 6.85. The Morgan fingerprint density at radius 1 is 0.964 bits per heavy atom. The summed E-state index contributed by atoms with van der Waals surface area (Å²) >= 11 is 0. The van der Waals surface area contributed by atoms with Gasteiger partial charge in [-0.25, -0.2) is 8.42 Å². The molecule has 0 spiro atoms. The van der Waals surface area contributed by atoms with Crippen LogP contribution in [0.2, 0.25) is 0 Å². The number of hydrogen-bond acceptors (Lipinski definition) is 5. The van der Waals surface area contributed by atoms with Crippen LogP contribution in [0.1, 0.15) is 17.3 Å². The number of hydrogen-bond donors (Lipinski definition) is 1. The molecule has 28 heavy (non-hydrogen) atoms. The summed E-state index contributed by atoms with van der Waals surface area (Å²) in [7, 11) is -3.24. The van der Waals surface area contributed by atoms with Gasteiger partial charge in [0.1, 0.15) is 0 Å². The first-order chi connectivity index (χ1) is 13.5. The van der Waals surface area contributed by atoms with Crippen molar-refractivity contribution >= 4 is 21.4 Å². The highest BCUT2D eigenvalue weighted by Crippen LogP contribution is 2.15. The minimum Gasteiger partial charge on any atom is -0.369 e. The highest BCUT2D eigenvalue weighted by Gasteiger charge is 2.17. The third kappa shape index (κ3) is 5.11. The second kappa shape index (κ2) is 9.21. The fourth-order valence-corrected chi connectivity index (χ4v) is 4.16. The minimum atomic E-state index is -3.24. The maximum atomic E-state index is 12.3. The number of rotatable bonds is 7. The van der Waals surface area contributed by atoms with Gasteiger partial charge in [-0.05, 0) is 36.4 Å². The van der Waals surface area contributed by atoms with Crippen LogP contribution >= 0.6 is 0 Å². The molecule has 7 heteroatoms. The van der Waals surface area contributed by atoms with Gasteiger partial charge in [0, 0.05) is 50.5 Å². The Morgan fingerprint density at radius 3 is 2.21 bits per heavy atom. The van der Waals surface area contributed by atoms with Crippen LogP contribution in [0, 0.1) is 0 Å². The van der Waals surface area contributed by atoms with Crippen LogP contribution in [0.4, 0.5) is 5.69 Å². The summed E-state index contributed by atoms with van der Waals surface area (Å²) in [6.07, 6.45) is 0. The maximum absolute atomic E-state index is 12.3. The fraction of sp³-hybridized carbons (Fsp3) is 0.381. The molecule has 1 saturated heterocycles. The van der Waals surface area contributed by atoms with Crippen molar-refractivity contribution in [3.05, 3.63) is 60.2 Å². The van der Waals surface area contributed by atoms with Gasteiger partial charge in [-0.15, -0.1) is 0 Å². The van der Waals surface area contributed by atoms with Gasteiger partial charge in [0.25, 0.3) is 5.91 Å². The summed E-state index contributed by atoms with van der Waals surface area (Å²) in [6, 6.07) is 16.5. The van der Waals surface area contributed by atoms with Gasteiger partial charge in [0.05, 0.1) is 10.6 Å². The molecule has 2 aromatic rings. The van der Waals surface area contributed by atoms with Crippen molar-refractivity contribution in [1.29, 1.82) is 0 Å². The summed E-state index contributed by atoms with van der Waals surface area (Å²) in [5, 5.41) is 2.92. The summed E-state index contributed by atoms with van der Waals surface area (Å²) in [5.74, 6) is -0.126. The van der Waals surface area contributed by atoms with Crippen LogP contribution in [0.25, 0.3) is 0 Å². The fourth-order valence-electron chi connectivity index (χ4n) is 3.28. The molecule has 1 aliphatic rings. The standard InChI is InChI=1S/C21H27N3O3S/c1-2-28(26,27)20-10-8-18(9-11-20)21(25)22-12-13-23-14-16-24(17-15-23)19-6-4-3-5-7-19/h3-11H,2,12-17H2,1H3,(H,22,25). The van der Waals surface area contributed by atoms with Crippen LogP contribution in [0.3, 0.4) is 0 Å². The third-order valence-corrected chi connectivity index (χ3v) is 6.81. The molecular formula is C21H27N3O3S. The second-order valence-corrected chi connectivity index (χ2v) is 9.13. The lowest BCUT2D eigenvalue weighted by Crippen LogP contribution is -2.48. The van der Waals surface area contributed by atoms with E-state index in [1.165, 1.54) is 17.8 Å². The molecule has 2 aromatic carbocycles. The van der Waals surface area contributed by atoms with Crippen molar-refractivity contribution in [2.24, 2.45) is 0 Å². The molecule has 0 atom stereocenters. The Kier molecular flexibility index (Phi) is 6.70. The van der Waals surface area contributed by atoms with E-state index < -0.39 is 9.84 Å². The molecule has 1 amide bonds. The molecule has 6 nitrogen and oxygen atoms in total.